The first kappa shape index (κ1) is 19.7. The van der Waals surface area contributed by atoms with Gasteiger partial charge in [0.05, 0.1) is 6.04 Å². The summed E-state index contributed by atoms with van der Waals surface area (Å²) in [5, 5.41) is 0. The summed E-state index contributed by atoms with van der Waals surface area (Å²) in [6.45, 7) is 6.10. The van der Waals surface area contributed by atoms with E-state index in [1.54, 1.807) is 0 Å². The van der Waals surface area contributed by atoms with Gasteiger partial charge in [-0.3, -0.25) is 9.69 Å². The van der Waals surface area contributed by atoms with Gasteiger partial charge in [0.15, 0.2) is 0 Å². The molecular formula is C26H30N2O. The van der Waals surface area contributed by atoms with Crippen LogP contribution in [0.4, 0.5) is 0 Å². The van der Waals surface area contributed by atoms with Gasteiger partial charge in [0.2, 0.25) is 5.91 Å². The Bertz CT molecular complexity index is 819. The van der Waals surface area contributed by atoms with Gasteiger partial charge in [-0.2, -0.15) is 0 Å². The SMILES string of the molecule is C=CCN1C(=O)[C@@H](N(Cc2ccccc2)Cc2ccccc2)C[C@]12CC=CCC2. The van der Waals surface area contributed by atoms with Crippen LogP contribution in [0.5, 0.6) is 0 Å². The van der Waals surface area contributed by atoms with E-state index in [-0.39, 0.29) is 17.5 Å². The molecule has 1 heterocycles. The maximum Gasteiger partial charge on any atom is 0.240 e. The van der Waals surface area contributed by atoms with Crippen molar-refractivity contribution in [2.75, 3.05) is 6.54 Å². The van der Waals surface area contributed by atoms with Crippen LogP contribution >= 0.6 is 0 Å². The largest absolute Gasteiger partial charge is 0.332 e. The summed E-state index contributed by atoms with van der Waals surface area (Å²) >= 11 is 0. The van der Waals surface area contributed by atoms with Crippen LogP contribution < -0.4 is 0 Å². The van der Waals surface area contributed by atoms with E-state index in [0.717, 1.165) is 38.8 Å². The van der Waals surface area contributed by atoms with Crippen molar-refractivity contribution in [3.8, 4) is 0 Å². The van der Waals surface area contributed by atoms with Crippen LogP contribution in [0.15, 0.2) is 85.5 Å². The molecule has 3 nitrogen and oxygen atoms in total. The quantitative estimate of drug-likeness (QED) is 0.628. The van der Waals surface area contributed by atoms with Crippen molar-refractivity contribution in [1.82, 2.24) is 9.80 Å². The minimum atomic E-state index is -0.0955. The molecule has 0 saturated carbocycles. The first-order valence-electron chi connectivity index (χ1n) is 10.6. The molecule has 2 aromatic carbocycles. The van der Waals surface area contributed by atoms with Crippen molar-refractivity contribution in [2.24, 2.45) is 0 Å². The smallest absolute Gasteiger partial charge is 0.240 e. The Labute approximate surface area is 174 Å². The number of hydrogen-bond acceptors (Lipinski definition) is 2. The standard InChI is InChI=1S/C26H30N2O/c1-2-18-28-25(29)24(19-26(28)16-10-5-11-17-26)27(20-22-12-6-3-7-13-22)21-23-14-8-4-9-15-23/h2-10,12-15,24H,1,11,16-21H2/t24-,26+/m0/s1. The van der Waals surface area contributed by atoms with Gasteiger partial charge in [-0.15, -0.1) is 6.58 Å². The summed E-state index contributed by atoms with van der Waals surface area (Å²) in [5.41, 5.74) is 2.43. The molecule has 0 N–H and O–H groups in total. The topological polar surface area (TPSA) is 23.6 Å². The second kappa shape index (κ2) is 8.79. The number of carbonyl (C=O) groups excluding carboxylic acids is 1. The number of nitrogens with zero attached hydrogens (tertiary/aromatic N) is 2. The third-order valence-corrected chi connectivity index (χ3v) is 6.35. The first-order valence-corrected chi connectivity index (χ1v) is 10.6. The highest BCUT2D eigenvalue weighted by Gasteiger charge is 2.51. The van der Waals surface area contributed by atoms with Gasteiger partial charge in [0, 0.05) is 25.2 Å². The lowest BCUT2D eigenvalue weighted by Crippen LogP contribution is -2.46. The van der Waals surface area contributed by atoms with Crippen LogP contribution in [0.3, 0.4) is 0 Å². The lowest BCUT2D eigenvalue weighted by atomic mass is 9.82. The third-order valence-electron chi connectivity index (χ3n) is 6.35. The number of rotatable bonds is 7. The lowest BCUT2D eigenvalue weighted by Gasteiger charge is -2.39. The van der Waals surface area contributed by atoms with Crippen molar-refractivity contribution in [1.29, 1.82) is 0 Å². The average molecular weight is 387 g/mol. The molecule has 1 saturated heterocycles. The third kappa shape index (κ3) is 4.20. The van der Waals surface area contributed by atoms with Crippen molar-refractivity contribution in [2.45, 2.75) is 50.4 Å². The van der Waals surface area contributed by atoms with E-state index in [2.05, 4.69) is 77.1 Å². The fraction of sp³-hybridized carbons (Fsp3) is 0.346. The summed E-state index contributed by atoms with van der Waals surface area (Å²) in [4.78, 5) is 18.1. The Morgan fingerprint density at radius 1 is 1.00 bits per heavy atom. The van der Waals surface area contributed by atoms with E-state index >= 15 is 0 Å². The van der Waals surface area contributed by atoms with E-state index in [1.807, 2.05) is 18.2 Å². The average Bonchev–Trinajstić information content (AvgIpc) is 3.02. The minimum Gasteiger partial charge on any atom is -0.332 e. The van der Waals surface area contributed by atoms with E-state index in [4.69, 9.17) is 0 Å². The normalized spacial score (nSPS) is 23.8. The van der Waals surface area contributed by atoms with Gasteiger partial charge in [-0.1, -0.05) is 78.9 Å². The fourth-order valence-electron chi connectivity index (χ4n) is 4.89. The molecule has 1 fully saturated rings. The highest BCUT2D eigenvalue weighted by molar-refractivity contribution is 5.85. The van der Waals surface area contributed by atoms with Crippen LogP contribution in [-0.4, -0.2) is 33.8 Å². The molecular weight excluding hydrogens is 356 g/mol. The molecule has 2 aliphatic rings. The van der Waals surface area contributed by atoms with E-state index < -0.39 is 0 Å². The van der Waals surface area contributed by atoms with Gasteiger partial charge in [0.1, 0.15) is 0 Å². The molecule has 1 amide bonds. The lowest BCUT2D eigenvalue weighted by molar-refractivity contribution is -0.134. The number of amides is 1. The fourth-order valence-corrected chi connectivity index (χ4v) is 4.89. The zero-order valence-electron chi connectivity index (χ0n) is 17.0. The molecule has 4 rings (SSSR count). The summed E-state index contributed by atoms with van der Waals surface area (Å²) in [5.74, 6) is 0.257. The molecule has 29 heavy (non-hydrogen) atoms. The predicted octanol–water partition coefficient (Wildman–Crippen LogP) is 4.95. The van der Waals surface area contributed by atoms with Gasteiger partial charge in [-0.25, -0.2) is 0 Å². The zero-order chi connectivity index (χ0) is 20.1. The van der Waals surface area contributed by atoms with Gasteiger partial charge in [-0.05, 0) is 36.8 Å². The molecule has 1 aliphatic heterocycles. The highest BCUT2D eigenvalue weighted by Crippen LogP contribution is 2.42. The van der Waals surface area contributed by atoms with Gasteiger partial charge in [0.25, 0.3) is 0 Å². The molecule has 0 aromatic heterocycles. The number of carbonyl (C=O) groups is 1. The zero-order valence-corrected chi connectivity index (χ0v) is 17.0. The van der Waals surface area contributed by atoms with Crippen molar-refractivity contribution < 1.29 is 4.79 Å². The van der Waals surface area contributed by atoms with E-state index in [1.165, 1.54) is 11.1 Å². The van der Waals surface area contributed by atoms with Gasteiger partial charge < -0.3 is 4.90 Å². The number of allylic oxidation sites excluding steroid dienone is 1. The number of hydrogen-bond donors (Lipinski definition) is 0. The Balaban J connectivity index is 1.64. The molecule has 3 heteroatoms. The molecule has 1 spiro atoms. The van der Waals surface area contributed by atoms with Crippen molar-refractivity contribution in [3.63, 3.8) is 0 Å². The maximum absolute atomic E-state index is 13.6. The van der Waals surface area contributed by atoms with Gasteiger partial charge >= 0.3 is 0 Å². The number of benzene rings is 2. The summed E-state index contributed by atoms with van der Waals surface area (Å²) in [6.07, 6.45) is 10.3. The molecule has 0 unspecified atom stereocenters. The van der Waals surface area contributed by atoms with Crippen LogP contribution in [-0.2, 0) is 17.9 Å². The van der Waals surface area contributed by atoms with Crippen molar-refractivity contribution in [3.05, 3.63) is 96.6 Å². The van der Waals surface area contributed by atoms with E-state index in [9.17, 15) is 4.79 Å². The summed E-state index contributed by atoms with van der Waals surface area (Å²) in [7, 11) is 0. The Kier molecular flexibility index (Phi) is 5.96. The van der Waals surface area contributed by atoms with E-state index in [0.29, 0.717) is 6.54 Å². The molecule has 0 bridgehead atoms. The highest BCUT2D eigenvalue weighted by atomic mass is 16.2. The Morgan fingerprint density at radius 3 is 2.14 bits per heavy atom. The molecule has 0 radical (unpaired) electrons. The minimum absolute atomic E-state index is 0.0592. The van der Waals surface area contributed by atoms with Crippen LogP contribution in [0.1, 0.15) is 36.8 Å². The molecule has 150 valence electrons. The van der Waals surface area contributed by atoms with Crippen molar-refractivity contribution >= 4 is 5.91 Å². The predicted molar refractivity (Wildman–Crippen MR) is 118 cm³/mol. The Hall–Kier alpha value is -2.65. The first-order chi connectivity index (χ1) is 14.2. The molecule has 2 aromatic rings. The number of likely N-dealkylation sites (tertiary alicyclic amines) is 1. The molecule has 2 atom stereocenters. The van der Waals surface area contributed by atoms with Crippen LogP contribution in [0, 0.1) is 0 Å². The molecule has 1 aliphatic carbocycles. The van der Waals surface area contributed by atoms with Crippen LogP contribution in [0.2, 0.25) is 0 Å². The summed E-state index contributed by atoms with van der Waals surface area (Å²) in [6, 6.07) is 20.9. The second-order valence-corrected chi connectivity index (χ2v) is 8.27. The Morgan fingerprint density at radius 2 is 1.62 bits per heavy atom. The monoisotopic (exact) mass is 386 g/mol. The van der Waals surface area contributed by atoms with Crippen LogP contribution in [0.25, 0.3) is 0 Å². The summed E-state index contributed by atoms with van der Waals surface area (Å²) < 4.78 is 0. The second-order valence-electron chi connectivity index (χ2n) is 8.27. The maximum atomic E-state index is 13.6.